The van der Waals surface area contributed by atoms with Crippen LogP contribution in [0, 0.1) is 0 Å². The highest BCUT2D eigenvalue weighted by Crippen LogP contribution is 2.29. The zero-order valence-corrected chi connectivity index (χ0v) is 17.5. The molecule has 0 aromatic heterocycles. The Morgan fingerprint density at radius 2 is 1.62 bits per heavy atom. The van der Waals surface area contributed by atoms with Gasteiger partial charge >= 0.3 is 30.1 Å². The number of amides is 2. The third-order valence-electron chi connectivity index (χ3n) is 5.45. The summed E-state index contributed by atoms with van der Waals surface area (Å²) in [5, 5.41) is 4.13. The number of carbonyl (C=O) groups excluding carboxylic acids is 3. The first-order chi connectivity index (χ1) is 15.9. The standard InChI is InChI=1S/C20H21F6N3O5/c21-19(22,23)17(31)28-14-13(34-16(30)11-4-2-1-3-5-11)10-27-15(14)29(18(32)20(24,25)26)12-6-8-33-9-7-12/h1-5,12-15,27H,6-10H2,(H,28,31). The molecule has 2 aliphatic rings. The van der Waals surface area contributed by atoms with E-state index in [-0.39, 0.29) is 31.6 Å². The molecule has 2 aliphatic heterocycles. The predicted octanol–water partition coefficient (Wildman–Crippen LogP) is 1.76. The van der Waals surface area contributed by atoms with Crippen molar-refractivity contribution < 1.29 is 50.2 Å². The summed E-state index contributed by atoms with van der Waals surface area (Å²) < 4.78 is 89.5. The first kappa shape index (κ1) is 25.7. The van der Waals surface area contributed by atoms with Gasteiger partial charge in [0.1, 0.15) is 18.3 Å². The van der Waals surface area contributed by atoms with Crippen molar-refractivity contribution in [3.63, 3.8) is 0 Å². The van der Waals surface area contributed by atoms with Gasteiger partial charge in [0.25, 0.3) is 0 Å². The summed E-state index contributed by atoms with van der Waals surface area (Å²) >= 11 is 0. The average molecular weight is 497 g/mol. The summed E-state index contributed by atoms with van der Waals surface area (Å²) in [4.78, 5) is 36.8. The first-order valence-electron chi connectivity index (χ1n) is 10.2. The van der Waals surface area contributed by atoms with Gasteiger partial charge in [0, 0.05) is 25.8 Å². The molecule has 3 atom stereocenters. The van der Waals surface area contributed by atoms with E-state index in [0.29, 0.717) is 4.90 Å². The highest BCUT2D eigenvalue weighted by molar-refractivity contribution is 5.89. The van der Waals surface area contributed by atoms with Crippen molar-refractivity contribution in [1.82, 2.24) is 15.5 Å². The van der Waals surface area contributed by atoms with E-state index in [4.69, 9.17) is 9.47 Å². The van der Waals surface area contributed by atoms with Gasteiger partial charge in [0.2, 0.25) is 0 Å². The van der Waals surface area contributed by atoms with E-state index >= 15 is 0 Å². The Hall–Kier alpha value is -2.87. The molecule has 34 heavy (non-hydrogen) atoms. The molecule has 0 radical (unpaired) electrons. The van der Waals surface area contributed by atoms with E-state index in [2.05, 4.69) is 5.32 Å². The molecule has 2 N–H and O–H groups in total. The number of benzene rings is 1. The molecule has 2 saturated heterocycles. The van der Waals surface area contributed by atoms with Crippen molar-refractivity contribution in [1.29, 1.82) is 0 Å². The number of nitrogens with one attached hydrogen (secondary N) is 2. The largest absolute Gasteiger partial charge is 0.471 e. The molecule has 0 aliphatic carbocycles. The second-order valence-corrected chi connectivity index (χ2v) is 7.71. The molecule has 2 heterocycles. The minimum absolute atomic E-state index is 0.00555. The van der Waals surface area contributed by atoms with Crippen LogP contribution in [0.5, 0.6) is 0 Å². The Balaban J connectivity index is 1.92. The van der Waals surface area contributed by atoms with E-state index in [1.165, 1.54) is 24.3 Å². The molecule has 3 rings (SSSR count). The van der Waals surface area contributed by atoms with E-state index in [9.17, 15) is 40.7 Å². The van der Waals surface area contributed by atoms with Crippen LogP contribution >= 0.6 is 0 Å². The maximum atomic E-state index is 13.4. The number of esters is 1. The van der Waals surface area contributed by atoms with Crippen molar-refractivity contribution in [3.8, 4) is 0 Å². The number of nitrogens with zero attached hydrogens (tertiary/aromatic N) is 1. The molecule has 1 aromatic rings. The number of alkyl halides is 6. The summed E-state index contributed by atoms with van der Waals surface area (Å²) in [6.07, 6.45) is -13.9. The quantitative estimate of drug-likeness (QED) is 0.476. The lowest BCUT2D eigenvalue weighted by Gasteiger charge is -2.41. The normalized spacial score (nSPS) is 23.9. The highest BCUT2D eigenvalue weighted by Gasteiger charge is 2.54. The van der Waals surface area contributed by atoms with Gasteiger partial charge in [-0.3, -0.25) is 14.9 Å². The third-order valence-corrected chi connectivity index (χ3v) is 5.45. The van der Waals surface area contributed by atoms with Crippen LogP contribution in [-0.4, -0.2) is 79.1 Å². The van der Waals surface area contributed by atoms with E-state index in [0.717, 1.165) is 0 Å². The van der Waals surface area contributed by atoms with Crippen LogP contribution < -0.4 is 10.6 Å². The van der Waals surface area contributed by atoms with Gasteiger partial charge in [-0.1, -0.05) is 18.2 Å². The molecule has 188 valence electrons. The Morgan fingerprint density at radius 1 is 1.00 bits per heavy atom. The SMILES string of the molecule is O=C(OC1CNC(N(C(=O)C(F)(F)F)C2CCOCC2)C1NC(=O)C(F)(F)F)c1ccccc1. The zero-order chi connectivity index (χ0) is 25.1. The lowest BCUT2D eigenvalue weighted by molar-refractivity contribution is -0.194. The number of halogens is 6. The maximum Gasteiger partial charge on any atom is 0.471 e. The van der Waals surface area contributed by atoms with Crippen molar-refractivity contribution >= 4 is 17.8 Å². The summed E-state index contributed by atoms with van der Waals surface area (Å²) in [5.74, 6) is -5.70. The molecular formula is C20H21F6N3O5. The Bertz CT molecular complexity index is 889. The third kappa shape index (κ3) is 5.97. The van der Waals surface area contributed by atoms with Crippen LogP contribution in [0.1, 0.15) is 23.2 Å². The lowest BCUT2D eigenvalue weighted by atomic mass is 10.0. The highest BCUT2D eigenvalue weighted by atomic mass is 19.4. The number of hydrogen-bond acceptors (Lipinski definition) is 6. The smallest absolute Gasteiger partial charge is 0.455 e. The predicted molar refractivity (Wildman–Crippen MR) is 102 cm³/mol. The van der Waals surface area contributed by atoms with Gasteiger partial charge in [-0.25, -0.2) is 4.79 Å². The molecule has 3 unspecified atom stereocenters. The summed E-state index contributed by atoms with van der Waals surface area (Å²) in [7, 11) is 0. The van der Waals surface area contributed by atoms with Crippen molar-refractivity contribution in [2.75, 3.05) is 19.8 Å². The summed E-state index contributed by atoms with van der Waals surface area (Å²) in [6, 6.07) is 4.50. The van der Waals surface area contributed by atoms with Crippen LogP contribution in [0.3, 0.4) is 0 Å². The fourth-order valence-electron chi connectivity index (χ4n) is 3.89. The topological polar surface area (TPSA) is 97.0 Å². The minimum Gasteiger partial charge on any atom is -0.455 e. The molecule has 8 nitrogen and oxygen atoms in total. The molecule has 2 amide bonds. The van der Waals surface area contributed by atoms with E-state index in [1.54, 1.807) is 11.4 Å². The maximum absolute atomic E-state index is 13.4. The van der Waals surface area contributed by atoms with Crippen molar-refractivity contribution in [2.45, 2.75) is 49.5 Å². The minimum atomic E-state index is -5.36. The number of carbonyl (C=O) groups is 3. The Kier molecular flexibility index (Phi) is 7.70. The molecule has 0 spiro atoms. The van der Waals surface area contributed by atoms with Gasteiger partial charge in [0.05, 0.1) is 5.56 Å². The molecular weight excluding hydrogens is 476 g/mol. The van der Waals surface area contributed by atoms with Crippen LogP contribution in [0.15, 0.2) is 30.3 Å². The van der Waals surface area contributed by atoms with Crippen LogP contribution in [0.2, 0.25) is 0 Å². The van der Waals surface area contributed by atoms with Crippen molar-refractivity contribution in [3.05, 3.63) is 35.9 Å². The lowest BCUT2D eigenvalue weighted by Crippen LogP contribution is -2.64. The van der Waals surface area contributed by atoms with Crippen LogP contribution in [0.4, 0.5) is 26.3 Å². The zero-order valence-electron chi connectivity index (χ0n) is 17.5. The van der Waals surface area contributed by atoms with Gasteiger partial charge in [-0.2, -0.15) is 26.3 Å². The fourth-order valence-corrected chi connectivity index (χ4v) is 3.89. The monoisotopic (exact) mass is 497 g/mol. The molecule has 0 bridgehead atoms. The second-order valence-electron chi connectivity index (χ2n) is 7.71. The molecule has 0 saturated carbocycles. The number of hydrogen-bond donors (Lipinski definition) is 2. The van der Waals surface area contributed by atoms with E-state index in [1.807, 2.05) is 0 Å². The van der Waals surface area contributed by atoms with Crippen LogP contribution in [0.25, 0.3) is 0 Å². The van der Waals surface area contributed by atoms with Gasteiger partial charge in [0.15, 0.2) is 0 Å². The fraction of sp³-hybridized carbons (Fsp3) is 0.550. The Morgan fingerprint density at radius 3 is 2.18 bits per heavy atom. The second kappa shape index (κ2) is 10.2. The molecule has 1 aromatic carbocycles. The summed E-state index contributed by atoms with van der Waals surface area (Å²) in [5.41, 5.74) is 0.0412. The number of rotatable bonds is 5. The van der Waals surface area contributed by atoms with Crippen LogP contribution in [-0.2, 0) is 19.1 Å². The first-order valence-corrected chi connectivity index (χ1v) is 10.2. The van der Waals surface area contributed by atoms with E-state index < -0.39 is 61.0 Å². The summed E-state index contributed by atoms with van der Waals surface area (Å²) in [6.45, 7) is -0.340. The number of ether oxygens (including phenoxy) is 2. The average Bonchev–Trinajstić information content (AvgIpc) is 3.15. The van der Waals surface area contributed by atoms with Gasteiger partial charge in [-0.15, -0.1) is 0 Å². The van der Waals surface area contributed by atoms with Crippen molar-refractivity contribution in [2.24, 2.45) is 0 Å². The Labute approximate surface area is 189 Å². The van der Waals surface area contributed by atoms with Gasteiger partial charge in [-0.05, 0) is 25.0 Å². The molecule has 14 heteroatoms. The van der Waals surface area contributed by atoms with Gasteiger partial charge < -0.3 is 19.7 Å². The molecule has 2 fully saturated rings.